The van der Waals surface area contributed by atoms with Crippen LogP contribution in [0.2, 0.25) is 0 Å². The molecule has 23 heavy (non-hydrogen) atoms. The molecule has 0 radical (unpaired) electrons. The van der Waals surface area contributed by atoms with Crippen LogP contribution in [0.1, 0.15) is 64.9 Å². The Bertz CT molecular complexity index is 768. The third-order valence-corrected chi connectivity index (χ3v) is 4.55. The molecule has 0 amide bonds. The second-order valence-corrected chi connectivity index (χ2v) is 5.94. The first-order chi connectivity index (χ1) is 10.9. The van der Waals surface area contributed by atoms with Gasteiger partial charge in [0, 0.05) is 19.0 Å². The summed E-state index contributed by atoms with van der Waals surface area (Å²) in [4.78, 5) is 36.8. The summed E-state index contributed by atoms with van der Waals surface area (Å²) < 4.78 is 12.4. The molecule has 1 aromatic heterocycles. The van der Waals surface area contributed by atoms with Gasteiger partial charge in [0.15, 0.2) is 5.76 Å². The predicted octanol–water partition coefficient (Wildman–Crippen LogP) is 2.49. The molecule has 0 saturated carbocycles. The van der Waals surface area contributed by atoms with Crippen molar-refractivity contribution in [2.75, 3.05) is 7.11 Å². The number of ketones is 2. The van der Waals surface area contributed by atoms with Crippen LogP contribution in [0, 0.1) is 6.92 Å². The number of hydrogen-bond acceptors (Lipinski definition) is 5. The number of esters is 1. The number of carbonyl (C=O) groups is 3. The highest BCUT2D eigenvalue weighted by Gasteiger charge is 2.40. The fraction of sp³-hybridized carbons (Fsp3) is 0.471. The lowest BCUT2D eigenvalue weighted by Gasteiger charge is -2.26. The zero-order chi connectivity index (χ0) is 16.9. The average Bonchev–Trinajstić information content (AvgIpc) is 2.79. The lowest BCUT2D eigenvalue weighted by molar-refractivity contribution is -0.147. The maximum atomic E-state index is 12.7. The van der Waals surface area contributed by atoms with E-state index in [9.17, 15) is 14.4 Å². The second-order valence-electron chi connectivity index (χ2n) is 5.94. The van der Waals surface area contributed by atoms with Gasteiger partial charge in [0.25, 0.3) is 0 Å². The van der Waals surface area contributed by atoms with Gasteiger partial charge in [0.2, 0.25) is 11.6 Å². The number of methoxy groups -OCH3 is 1. The van der Waals surface area contributed by atoms with Gasteiger partial charge >= 0.3 is 5.97 Å². The summed E-state index contributed by atoms with van der Waals surface area (Å²) in [5.74, 6) is -0.751. The van der Waals surface area contributed by atoms with Gasteiger partial charge < -0.3 is 14.0 Å². The molecule has 0 aromatic carbocycles. The Morgan fingerprint density at radius 2 is 1.91 bits per heavy atom. The second kappa shape index (κ2) is 5.37. The average molecular weight is 317 g/mol. The molecule has 2 heterocycles. The molecule has 2 aliphatic rings. The van der Waals surface area contributed by atoms with E-state index < -0.39 is 6.10 Å². The predicted molar refractivity (Wildman–Crippen MR) is 81.3 cm³/mol. The van der Waals surface area contributed by atoms with Crippen LogP contribution >= 0.6 is 0 Å². The Morgan fingerprint density at radius 3 is 2.52 bits per heavy atom. The maximum absolute atomic E-state index is 12.7. The molecule has 1 aliphatic heterocycles. The lowest BCUT2D eigenvalue weighted by atomic mass is 9.91. The Morgan fingerprint density at radius 1 is 1.22 bits per heavy atom. The Labute approximate surface area is 134 Å². The molecule has 3 rings (SSSR count). The topological polar surface area (TPSA) is 74.6 Å². The number of Topliss-reactive ketones (excluding diaryl/α,β-unsaturated/α-hetero) is 2. The molecule has 1 atom stereocenters. The minimum Gasteiger partial charge on any atom is -0.492 e. The smallest absolute Gasteiger partial charge is 0.303 e. The number of hydrogen-bond donors (Lipinski definition) is 0. The van der Waals surface area contributed by atoms with Gasteiger partial charge in [0.1, 0.15) is 11.8 Å². The van der Waals surface area contributed by atoms with Crippen molar-refractivity contribution >= 4 is 17.5 Å². The molecule has 1 unspecified atom stereocenters. The number of carbonyl (C=O) groups excluding carboxylic acids is 3. The Kier molecular flexibility index (Phi) is 3.62. The normalized spacial score (nSPS) is 20.3. The van der Waals surface area contributed by atoms with Crippen LogP contribution in [0.4, 0.5) is 0 Å². The molecule has 0 N–H and O–H groups in total. The van der Waals surface area contributed by atoms with Crippen LogP contribution in [0.25, 0.3) is 0 Å². The number of nitrogens with zero attached hydrogens (tertiary/aromatic N) is 1. The van der Waals surface area contributed by atoms with Crippen molar-refractivity contribution in [2.24, 2.45) is 0 Å². The van der Waals surface area contributed by atoms with Crippen molar-refractivity contribution in [1.82, 2.24) is 4.57 Å². The molecule has 6 nitrogen and oxygen atoms in total. The van der Waals surface area contributed by atoms with E-state index in [1.165, 1.54) is 14.0 Å². The van der Waals surface area contributed by atoms with Crippen LogP contribution in [-0.2, 0) is 20.8 Å². The van der Waals surface area contributed by atoms with E-state index in [1.807, 2.05) is 4.57 Å². The monoisotopic (exact) mass is 317 g/mol. The van der Waals surface area contributed by atoms with E-state index in [0.717, 1.165) is 12.1 Å². The molecular formula is C17H19NO5. The minimum atomic E-state index is -0.418. The Hall–Kier alpha value is -2.37. The van der Waals surface area contributed by atoms with Crippen LogP contribution in [0.5, 0.6) is 0 Å². The van der Waals surface area contributed by atoms with Crippen molar-refractivity contribution in [3.63, 3.8) is 0 Å². The standard InChI is InChI=1S/C17H19NO5/c1-8-12-14(15(20)9(2)17(22-4)16(12)21)18-7-5-6-11(13(8)18)23-10(3)19/h11H,5-7H2,1-4H3. The fourth-order valence-electron chi connectivity index (χ4n) is 3.62. The SMILES string of the molecule is COC1=C(C)C(=O)c2c(c(C)c3n2CCCC3OC(C)=O)C1=O. The first-order valence-corrected chi connectivity index (χ1v) is 7.62. The van der Waals surface area contributed by atoms with E-state index in [4.69, 9.17) is 9.47 Å². The van der Waals surface area contributed by atoms with E-state index in [-0.39, 0.29) is 23.3 Å². The molecule has 0 bridgehead atoms. The highest BCUT2D eigenvalue weighted by Crippen LogP contribution is 2.40. The van der Waals surface area contributed by atoms with Crippen LogP contribution in [0.3, 0.4) is 0 Å². The van der Waals surface area contributed by atoms with Gasteiger partial charge in [-0.2, -0.15) is 0 Å². The van der Waals surface area contributed by atoms with Crippen molar-refractivity contribution in [3.8, 4) is 0 Å². The van der Waals surface area contributed by atoms with Gasteiger partial charge in [-0.15, -0.1) is 0 Å². The number of allylic oxidation sites excluding steroid dienone is 2. The summed E-state index contributed by atoms with van der Waals surface area (Å²) in [6, 6.07) is 0. The fourth-order valence-corrected chi connectivity index (χ4v) is 3.62. The van der Waals surface area contributed by atoms with Gasteiger partial charge in [-0.05, 0) is 32.3 Å². The summed E-state index contributed by atoms with van der Waals surface area (Å²) in [7, 11) is 1.39. The third kappa shape index (κ3) is 2.12. The van der Waals surface area contributed by atoms with Gasteiger partial charge in [-0.1, -0.05) is 0 Å². The number of ether oxygens (including phenoxy) is 2. The summed E-state index contributed by atoms with van der Waals surface area (Å²) in [6.07, 6.45) is 1.06. The molecule has 1 aliphatic carbocycles. The van der Waals surface area contributed by atoms with Crippen molar-refractivity contribution in [3.05, 3.63) is 33.8 Å². The lowest BCUT2D eigenvalue weighted by Crippen LogP contribution is -2.26. The first kappa shape index (κ1) is 15.5. The summed E-state index contributed by atoms with van der Waals surface area (Å²) >= 11 is 0. The molecule has 1 aromatic rings. The van der Waals surface area contributed by atoms with Gasteiger partial charge in [-0.3, -0.25) is 14.4 Å². The highest BCUT2D eigenvalue weighted by atomic mass is 16.5. The van der Waals surface area contributed by atoms with Crippen molar-refractivity contribution in [2.45, 2.75) is 46.3 Å². The van der Waals surface area contributed by atoms with Gasteiger partial charge in [-0.25, -0.2) is 0 Å². The third-order valence-electron chi connectivity index (χ3n) is 4.55. The number of aromatic nitrogens is 1. The summed E-state index contributed by atoms with van der Waals surface area (Å²) in [6.45, 7) is 5.40. The van der Waals surface area contributed by atoms with Crippen LogP contribution in [0.15, 0.2) is 11.3 Å². The summed E-state index contributed by atoms with van der Waals surface area (Å²) in [5.41, 5.74) is 2.55. The highest BCUT2D eigenvalue weighted by molar-refractivity contribution is 6.26. The van der Waals surface area contributed by atoms with Crippen LogP contribution < -0.4 is 0 Å². The van der Waals surface area contributed by atoms with E-state index in [0.29, 0.717) is 35.4 Å². The number of rotatable bonds is 2. The van der Waals surface area contributed by atoms with Crippen LogP contribution in [-0.4, -0.2) is 29.2 Å². The first-order valence-electron chi connectivity index (χ1n) is 7.62. The molecule has 0 saturated heterocycles. The van der Waals surface area contributed by atoms with E-state index >= 15 is 0 Å². The number of fused-ring (bicyclic) bond motifs is 3. The quantitative estimate of drug-likeness (QED) is 0.783. The van der Waals surface area contributed by atoms with Crippen molar-refractivity contribution < 1.29 is 23.9 Å². The Balaban J connectivity index is 2.22. The molecular weight excluding hydrogens is 298 g/mol. The van der Waals surface area contributed by atoms with E-state index in [1.54, 1.807) is 13.8 Å². The van der Waals surface area contributed by atoms with Gasteiger partial charge in [0.05, 0.1) is 18.4 Å². The van der Waals surface area contributed by atoms with E-state index in [2.05, 4.69) is 0 Å². The summed E-state index contributed by atoms with van der Waals surface area (Å²) in [5, 5.41) is 0. The molecule has 0 fully saturated rings. The molecule has 6 heteroatoms. The maximum Gasteiger partial charge on any atom is 0.303 e. The molecule has 0 spiro atoms. The minimum absolute atomic E-state index is 0.0950. The molecule has 122 valence electrons. The zero-order valence-corrected chi connectivity index (χ0v) is 13.7. The zero-order valence-electron chi connectivity index (χ0n) is 13.7. The van der Waals surface area contributed by atoms with Crippen molar-refractivity contribution in [1.29, 1.82) is 0 Å². The largest absolute Gasteiger partial charge is 0.492 e.